The summed E-state index contributed by atoms with van der Waals surface area (Å²) in [7, 11) is 0. The zero-order valence-corrected chi connectivity index (χ0v) is 17.5. The standard InChI is InChI=1S/C24H32N2O2/c1-17-11-13-26(14-12-17)22-8-6-21(7-9-22)20(4)25-24(27)16-28-23-10-5-18(2)15-19(23)3/h5-10,15,17,20H,11-14,16H2,1-4H3,(H,25,27)/t20-/m0/s1. The molecule has 0 aliphatic carbocycles. The predicted octanol–water partition coefficient (Wildman–Crippen LogP) is 4.80. The minimum atomic E-state index is -0.110. The van der Waals surface area contributed by atoms with Crippen molar-refractivity contribution < 1.29 is 9.53 Å². The number of amides is 1. The van der Waals surface area contributed by atoms with Crippen molar-refractivity contribution in [3.05, 3.63) is 59.2 Å². The van der Waals surface area contributed by atoms with Gasteiger partial charge in [0.1, 0.15) is 5.75 Å². The summed E-state index contributed by atoms with van der Waals surface area (Å²) in [5.74, 6) is 1.48. The Labute approximate surface area is 168 Å². The number of rotatable bonds is 6. The van der Waals surface area contributed by atoms with Crippen LogP contribution in [0.15, 0.2) is 42.5 Å². The third-order valence-electron chi connectivity index (χ3n) is 5.61. The second-order valence-electron chi connectivity index (χ2n) is 8.11. The van der Waals surface area contributed by atoms with E-state index in [0.717, 1.165) is 35.9 Å². The average Bonchev–Trinajstić information content (AvgIpc) is 2.68. The Balaban J connectivity index is 1.51. The van der Waals surface area contributed by atoms with Crippen molar-refractivity contribution in [1.82, 2.24) is 5.32 Å². The zero-order valence-electron chi connectivity index (χ0n) is 17.5. The highest BCUT2D eigenvalue weighted by atomic mass is 16.5. The number of nitrogens with one attached hydrogen (secondary N) is 1. The molecule has 1 atom stereocenters. The van der Waals surface area contributed by atoms with E-state index in [0.29, 0.717) is 0 Å². The summed E-state index contributed by atoms with van der Waals surface area (Å²) in [4.78, 5) is 14.7. The minimum Gasteiger partial charge on any atom is -0.484 e. The highest BCUT2D eigenvalue weighted by molar-refractivity contribution is 5.78. The molecule has 28 heavy (non-hydrogen) atoms. The quantitative estimate of drug-likeness (QED) is 0.783. The molecule has 4 heteroatoms. The first kappa shape index (κ1) is 20.2. The smallest absolute Gasteiger partial charge is 0.258 e. The first-order valence-electron chi connectivity index (χ1n) is 10.3. The molecular formula is C24H32N2O2. The van der Waals surface area contributed by atoms with Gasteiger partial charge in [-0.1, -0.05) is 36.8 Å². The molecule has 1 fully saturated rings. The summed E-state index contributed by atoms with van der Waals surface area (Å²) in [5, 5.41) is 3.02. The molecule has 4 nitrogen and oxygen atoms in total. The van der Waals surface area contributed by atoms with Crippen LogP contribution in [-0.2, 0) is 4.79 Å². The van der Waals surface area contributed by atoms with Crippen molar-refractivity contribution in [3.8, 4) is 5.75 Å². The van der Waals surface area contributed by atoms with Gasteiger partial charge in [0.05, 0.1) is 6.04 Å². The molecule has 0 aromatic heterocycles. The van der Waals surface area contributed by atoms with E-state index in [1.54, 1.807) is 0 Å². The summed E-state index contributed by atoms with van der Waals surface area (Å²) in [5.41, 5.74) is 4.61. The predicted molar refractivity (Wildman–Crippen MR) is 115 cm³/mol. The van der Waals surface area contributed by atoms with E-state index in [1.807, 2.05) is 32.9 Å². The molecule has 150 valence electrons. The number of carbonyl (C=O) groups is 1. The van der Waals surface area contributed by atoms with Crippen molar-refractivity contribution in [1.29, 1.82) is 0 Å². The largest absolute Gasteiger partial charge is 0.484 e. The zero-order chi connectivity index (χ0) is 20.1. The van der Waals surface area contributed by atoms with Gasteiger partial charge in [-0.3, -0.25) is 4.79 Å². The third-order valence-corrected chi connectivity index (χ3v) is 5.61. The molecule has 0 spiro atoms. The van der Waals surface area contributed by atoms with Gasteiger partial charge in [-0.05, 0) is 68.9 Å². The summed E-state index contributed by atoms with van der Waals surface area (Å²) >= 11 is 0. The van der Waals surface area contributed by atoms with Crippen LogP contribution in [0.5, 0.6) is 5.75 Å². The van der Waals surface area contributed by atoms with Crippen molar-refractivity contribution in [3.63, 3.8) is 0 Å². The maximum Gasteiger partial charge on any atom is 0.258 e. The maximum atomic E-state index is 12.3. The second kappa shape index (κ2) is 9.13. The van der Waals surface area contributed by atoms with Crippen LogP contribution in [0.1, 0.15) is 49.4 Å². The van der Waals surface area contributed by atoms with Gasteiger partial charge in [0.15, 0.2) is 6.61 Å². The van der Waals surface area contributed by atoms with Gasteiger partial charge in [0, 0.05) is 18.8 Å². The molecule has 3 rings (SSSR count). The molecule has 1 heterocycles. The molecule has 2 aromatic carbocycles. The number of benzene rings is 2. The fraction of sp³-hybridized carbons (Fsp3) is 0.458. The topological polar surface area (TPSA) is 41.6 Å². The SMILES string of the molecule is Cc1ccc(OCC(=O)N[C@@H](C)c2ccc(N3CCC(C)CC3)cc2)c(C)c1. The van der Waals surface area contributed by atoms with Crippen molar-refractivity contribution in [2.75, 3.05) is 24.6 Å². The van der Waals surface area contributed by atoms with Crippen LogP contribution < -0.4 is 15.0 Å². The lowest BCUT2D eigenvalue weighted by Crippen LogP contribution is -2.33. The molecule has 1 N–H and O–H groups in total. The van der Waals surface area contributed by atoms with E-state index in [2.05, 4.69) is 47.5 Å². The second-order valence-corrected chi connectivity index (χ2v) is 8.11. The minimum absolute atomic E-state index is 0.0261. The summed E-state index contributed by atoms with van der Waals surface area (Å²) in [6.45, 7) is 10.7. The molecule has 0 unspecified atom stereocenters. The Kier molecular flexibility index (Phi) is 6.61. The average molecular weight is 381 g/mol. The van der Waals surface area contributed by atoms with E-state index in [9.17, 15) is 4.79 Å². The van der Waals surface area contributed by atoms with Gasteiger partial charge in [-0.15, -0.1) is 0 Å². The van der Waals surface area contributed by atoms with E-state index in [4.69, 9.17) is 4.74 Å². The normalized spacial score (nSPS) is 15.9. The number of ether oxygens (including phenoxy) is 1. The third kappa shape index (κ3) is 5.28. The Morgan fingerprint density at radius 3 is 2.46 bits per heavy atom. The number of piperidine rings is 1. The maximum absolute atomic E-state index is 12.3. The number of hydrogen-bond donors (Lipinski definition) is 1. The Hall–Kier alpha value is -2.49. The van der Waals surface area contributed by atoms with E-state index < -0.39 is 0 Å². The molecule has 1 saturated heterocycles. The fourth-order valence-corrected chi connectivity index (χ4v) is 3.71. The van der Waals surface area contributed by atoms with E-state index >= 15 is 0 Å². The molecule has 0 bridgehead atoms. The monoisotopic (exact) mass is 380 g/mol. The van der Waals surface area contributed by atoms with Crippen molar-refractivity contribution >= 4 is 11.6 Å². The van der Waals surface area contributed by atoms with Gasteiger partial charge in [-0.25, -0.2) is 0 Å². The number of nitrogens with zero attached hydrogens (tertiary/aromatic N) is 1. The molecule has 0 saturated carbocycles. The van der Waals surface area contributed by atoms with Crippen LogP contribution >= 0.6 is 0 Å². The lowest BCUT2D eigenvalue weighted by atomic mass is 9.98. The molecular weight excluding hydrogens is 348 g/mol. The van der Waals surface area contributed by atoms with Crippen molar-refractivity contribution in [2.24, 2.45) is 5.92 Å². The molecule has 1 aliphatic heterocycles. The van der Waals surface area contributed by atoms with Crippen LogP contribution in [0.4, 0.5) is 5.69 Å². The number of carbonyl (C=O) groups excluding carboxylic acids is 1. The summed E-state index contributed by atoms with van der Waals surface area (Å²) < 4.78 is 5.68. The summed E-state index contributed by atoms with van der Waals surface area (Å²) in [6.07, 6.45) is 2.52. The molecule has 1 aliphatic rings. The van der Waals surface area contributed by atoms with Gasteiger partial charge >= 0.3 is 0 Å². The highest BCUT2D eigenvalue weighted by Crippen LogP contribution is 2.24. The number of aryl methyl sites for hydroxylation is 2. The Bertz CT molecular complexity index is 793. The van der Waals surface area contributed by atoms with Crippen LogP contribution in [0.3, 0.4) is 0 Å². The van der Waals surface area contributed by atoms with Crippen LogP contribution in [0.2, 0.25) is 0 Å². The number of anilines is 1. The van der Waals surface area contributed by atoms with Crippen LogP contribution in [0.25, 0.3) is 0 Å². The lowest BCUT2D eigenvalue weighted by Gasteiger charge is -2.32. The summed E-state index contributed by atoms with van der Waals surface area (Å²) in [6, 6.07) is 14.5. The lowest BCUT2D eigenvalue weighted by molar-refractivity contribution is -0.123. The molecule has 1 amide bonds. The van der Waals surface area contributed by atoms with Crippen LogP contribution in [0, 0.1) is 19.8 Å². The van der Waals surface area contributed by atoms with Crippen LogP contribution in [-0.4, -0.2) is 25.6 Å². The Morgan fingerprint density at radius 1 is 1.14 bits per heavy atom. The first-order chi connectivity index (χ1) is 13.4. The Morgan fingerprint density at radius 2 is 1.82 bits per heavy atom. The van der Waals surface area contributed by atoms with E-state index in [1.165, 1.54) is 24.1 Å². The fourth-order valence-electron chi connectivity index (χ4n) is 3.71. The van der Waals surface area contributed by atoms with E-state index in [-0.39, 0.29) is 18.6 Å². The van der Waals surface area contributed by atoms with Crippen molar-refractivity contribution in [2.45, 2.75) is 46.6 Å². The highest BCUT2D eigenvalue weighted by Gasteiger charge is 2.16. The molecule has 2 aromatic rings. The number of hydrogen-bond acceptors (Lipinski definition) is 3. The van der Waals surface area contributed by atoms with Gasteiger partial charge < -0.3 is 15.0 Å². The first-order valence-corrected chi connectivity index (χ1v) is 10.3. The van der Waals surface area contributed by atoms with Gasteiger partial charge in [0.2, 0.25) is 0 Å². The molecule has 0 radical (unpaired) electrons. The van der Waals surface area contributed by atoms with Gasteiger partial charge in [0.25, 0.3) is 5.91 Å². The van der Waals surface area contributed by atoms with Gasteiger partial charge in [-0.2, -0.15) is 0 Å².